The summed E-state index contributed by atoms with van der Waals surface area (Å²) in [5.74, 6) is 0.883. The Kier molecular flexibility index (Phi) is 3.91. The van der Waals surface area contributed by atoms with E-state index in [-0.39, 0.29) is 11.0 Å². The maximum atomic E-state index is 9.38. The Morgan fingerprint density at radius 3 is 2.42 bits per heavy atom. The van der Waals surface area contributed by atoms with Crippen LogP contribution >= 0.6 is 0 Å². The summed E-state index contributed by atoms with van der Waals surface area (Å²) in [6.07, 6.45) is 5.79. The Balaban J connectivity index is 2.21. The smallest absolute Gasteiger partial charge is 0.115 e. The van der Waals surface area contributed by atoms with Crippen LogP contribution in [0.5, 0.6) is 5.75 Å². The second-order valence-corrected chi connectivity index (χ2v) is 7.24. The number of aromatic hydroxyl groups is 1. The summed E-state index contributed by atoms with van der Waals surface area (Å²) in [4.78, 5) is 0. The Labute approximate surface area is 117 Å². The van der Waals surface area contributed by atoms with Gasteiger partial charge in [-0.25, -0.2) is 0 Å². The molecule has 0 bridgehead atoms. The second-order valence-electron chi connectivity index (χ2n) is 7.24. The van der Waals surface area contributed by atoms with Gasteiger partial charge in [-0.2, -0.15) is 0 Å². The lowest BCUT2D eigenvalue weighted by molar-refractivity contribution is 0.0793. The van der Waals surface area contributed by atoms with Crippen LogP contribution < -0.4 is 5.73 Å². The monoisotopic (exact) mass is 261 g/mol. The van der Waals surface area contributed by atoms with E-state index in [4.69, 9.17) is 5.73 Å². The molecule has 0 amide bonds. The Hall–Kier alpha value is -1.02. The molecule has 2 heteroatoms. The molecule has 1 fully saturated rings. The SMILES string of the molecule is CC(C)(C)C1CCCCC1(N)Cc1ccc(O)cc1. The maximum Gasteiger partial charge on any atom is 0.115 e. The first kappa shape index (κ1) is 14.4. The molecule has 0 aromatic heterocycles. The molecule has 0 spiro atoms. The van der Waals surface area contributed by atoms with E-state index in [0.717, 1.165) is 12.8 Å². The summed E-state index contributed by atoms with van der Waals surface area (Å²) in [6.45, 7) is 6.92. The fourth-order valence-electron chi connectivity index (χ4n) is 3.77. The minimum atomic E-state index is -0.104. The van der Waals surface area contributed by atoms with Crippen LogP contribution in [-0.2, 0) is 6.42 Å². The molecule has 2 unspecified atom stereocenters. The highest BCUT2D eigenvalue weighted by Crippen LogP contribution is 2.44. The number of phenols is 1. The van der Waals surface area contributed by atoms with Crippen LogP contribution in [0.1, 0.15) is 52.0 Å². The molecule has 1 aliphatic carbocycles. The van der Waals surface area contributed by atoms with Gasteiger partial charge in [0.1, 0.15) is 5.75 Å². The molecule has 1 saturated carbocycles. The van der Waals surface area contributed by atoms with Crippen LogP contribution in [0.2, 0.25) is 0 Å². The molecule has 2 atom stereocenters. The van der Waals surface area contributed by atoms with E-state index >= 15 is 0 Å². The topological polar surface area (TPSA) is 46.2 Å². The highest BCUT2D eigenvalue weighted by molar-refractivity contribution is 5.27. The minimum Gasteiger partial charge on any atom is -0.508 e. The van der Waals surface area contributed by atoms with Gasteiger partial charge in [0.15, 0.2) is 0 Å². The van der Waals surface area contributed by atoms with Gasteiger partial charge >= 0.3 is 0 Å². The molecule has 2 rings (SSSR count). The summed E-state index contributed by atoms with van der Waals surface area (Å²) < 4.78 is 0. The average molecular weight is 261 g/mol. The van der Waals surface area contributed by atoms with Crippen molar-refractivity contribution in [2.45, 2.75) is 58.4 Å². The van der Waals surface area contributed by atoms with Gasteiger partial charge in [-0.15, -0.1) is 0 Å². The molecule has 106 valence electrons. The fraction of sp³-hybridized carbons (Fsp3) is 0.647. The predicted octanol–water partition coefficient (Wildman–Crippen LogP) is 3.87. The van der Waals surface area contributed by atoms with Gasteiger partial charge in [-0.3, -0.25) is 0 Å². The summed E-state index contributed by atoms with van der Waals surface area (Å²) in [6, 6.07) is 7.51. The van der Waals surface area contributed by atoms with E-state index in [1.807, 2.05) is 12.1 Å². The average Bonchev–Trinajstić information content (AvgIpc) is 2.31. The summed E-state index contributed by atoms with van der Waals surface area (Å²) >= 11 is 0. The van der Waals surface area contributed by atoms with Gasteiger partial charge < -0.3 is 10.8 Å². The van der Waals surface area contributed by atoms with Crippen LogP contribution in [0.4, 0.5) is 0 Å². The van der Waals surface area contributed by atoms with E-state index in [9.17, 15) is 5.11 Å². The number of rotatable bonds is 2. The van der Waals surface area contributed by atoms with Crippen molar-refractivity contribution in [2.75, 3.05) is 0 Å². The third-order valence-corrected chi connectivity index (χ3v) is 4.59. The number of phenolic OH excluding ortho intramolecular Hbond substituents is 1. The van der Waals surface area contributed by atoms with Crippen molar-refractivity contribution in [1.82, 2.24) is 0 Å². The fourth-order valence-corrected chi connectivity index (χ4v) is 3.77. The molecule has 19 heavy (non-hydrogen) atoms. The van der Waals surface area contributed by atoms with Crippen molar-refractivity contribution >= 4 is 0 Å². The highest BCUT2D eigenvalue weighted by Gasteiger charge is 2.43. The molecule has 2 nitrogen and oxygen atoms in total. The van der Waals surface area contributed by atoms with Gasteiger partial charge in [-0.1, -0.05) is 45.7 Å². The third-order valence-electron chi connectivity index (χ3n) is 4.59. The normalized spacial score (nSPS) is 28.3. The quantitative estimate of drug-likeness (QED) is 0.849. The predicted molar refractivity (Wildman–Crippen MR) is 80.1 cm³/mol. The molecule has 1 aromatic carbocycles. The summed E-state index contributed by atoms with van der Waals surface area (Å²) in [5.41, 5.74) is 8.18. The molecular weight excluding hydrogens is 234 g/mol. The lowest BCUT2D eigenvalue weighted by Crippen LogP contribution is -2.55. The van der Waals surface area contributed by atoms with Gasteiger partial charge in [0.05, 0.1) is 0 Å². The Bertz CT molecular complexity index is 418. The van der Waals surface area contributed by atoms with Crippen molar-refractivity contribution in [1.29, 1.82) is 0 Å². The molecule has 0 radical (unpaired) electrons. The number of benzene rings is 1. The Morgan fingerprint density at radius 1 is 1.21 bits per heavy atom. The van der Waals surface area contributed by atoms with Gasteiger partial charge in [0, 0.05) is 5.54 Å². The van der Waals surface area contributed by atoms with Crippen LogP contribution in [0, 0.1) is 11.3 Å². The molecule has 0 saturated heterocycles. The summed E-state index contributed by atoms with van der Waals surface area (Å²) in [7, 11) is 0. The Morgan fingerprint density at radius 2 is 1.84 bits per heavy atom. The molecule has 0 heterocycles. The molecular formula is C17H27NO. The van der Waals surface area contributed by atoms with E-state index in [1.54, 1.807) is 12.1 Å². The van der Waals surface area contributed by atoms with Crippen LogP contribution in [0.3, 0.4) is 0 Å². The molecule has 1 aromatic rings. The second kappa shape index (κ2) is 5.16. The lowest BCUT2D eigenvalue weighted by atomic mass is 9.61. The highest BCUT2D eigenvalue weighted by atomic mass is 16.3. The minimum absolute atomic E-state index is 0.104. The first-order valence-corrected chi connectivity index (χ1v) is 7.38. The van der Waals surface area contributed by atoms with E-state index in [2.05, 4.69) is 20.8 Å². The molecule has 3 N–H and O–H groups in total. The first-order valence-electron chi connectivity index (χ1n) is 7.38. The third kappa shape index (κ3) is 3.30. The number of hydrogen-bond acceptors (Lipinski definition) is 2. The largest absolute Gasteiger partial charge is 0.508 e. The van der Waals surface area contributed by atoms with E-state index in [1.165, 1.54) is 24.8 Å². The van der Waals surface area contributed by atoms with Crippen molar-refractivity contribution in [3.63, 3.8) is 0 Å². The van der Waals surface area contributed by atoms with E-state index < -0.39 is 0 Å². The zero-order valence-corrected chi connectivity index (χ0v) is 12.4. The van der Waals surface area contributed by atoms with Crippen molar-refractivity contribution in [3.05, 3.63) is 29.8 Å². The molecule has 1 aliphatic rings. The van der Waals surface area contributed by atoms with Crippen molar-refractivity contribution in [3.8, 4) is 5.75 Å². The maximum absolute atomic E-state index is 9.38. The van der Waals surface area contributed by atoms with Gasteiger partial charge in [0.2, 0.25) is 0 Å². The number of hydrogen-bond donors (Lipinski definition) is 2. The zero-order valence-electron chi connectivity index (χ0n) is 12.4. The van der Waals surface area contributed by atoms with Crippen LogP contribution in [0.25, 0.3) is 0 Å². The first-order chi connectivity index (χ1) is 8.81. The van der Waals surface area contributed by atoms with Crippen LogP contribution in [-0.4, -0.2) is 10.6 Å². The van der Waals surface area contributed by atoms with Gasteiger partial charge in [0.25, 0.3) is 0 Å². The molecule has 0 aliphatic heterocycles. The van der Waals surface area contributed by atoms with Crippen molar-refractivity contribution < 1.29 is 5.11 Å². The van der Waals surface area contributed by atoms with Crippen LogP contribution in [0.15, 0.2) is 24.3 Å². The lowest BCUT2D eigenvalue weighted by Gasteiger charge is -2.48. The van der Waals surface area contributed by atoms with Gasteiger partial charge in [-0.05, 0) is 48.3 Å². The zero-order chi connectivity index (χ0) is 14.1. The van der Waals surface area contributed by atoms with E-state index in [0.29, 0.717) is 11.7 Å². The summed E-state index contributed by atoms with van der Waals surface area (Å²) in [5, 5.41) is 9.38. The van der Waals surface area contributed by atoms with Crippen molar-refractivity contribution in [2.24, 2.45) is 17.1 Å². The standard InChI is InChI=1S/C17H27NO/c1-16(2,3)15-6-4-5-11-17(15,18)12-13-7-9-14(19)10-8-13/h7-10,15,19H,4-6,11-12,18H2,1-3H3. The number of nitrogens with two attached hydrogens (primary N) is 1.